The molecule has 0 heterocycles. The lowest BCUT2D eigenvalue weighted by molar-refractivity contribution is 0.514. The summed E-state index contributed by atoms with van der Waals surface area (Å²) in [5.74, 6) is 0. The summed E-state index contributed by atoms with van der Waals surface area (Å²) in [5.41, 5.74) is 0. The Morgan fingerprint density at radius 2 is 0.471 bits per heavy atom. The molecule has 0 atom stereocenters. The summed E-state index contributed by atoms with van der Waals surface area (Å²) in [5, 5.41) is 0. The molecule has 0 saturated heterocycles. The molecule has 0 nitrogen and oxygen atoms in total. The zero-order chi connectivity index (χ0) is 25.0. The van der Waals surface area contributed by atoms with Crippen LogP contribution in [0.2, 0.25) is 25.7 Å². The second kappa shape index (κ2) is 27.8. The molecule has 0 unspecified atom stereocenters. The van der Waals surface area contributed by atoms with E-state index in [1.165, 1.54) is 179 Å². The molecule has 0 saturated carbocycles. The maximum absolute atomic E-state index is 3.92. The molecule has 0 aromatic rings. The van der Waals surface area contributed by atoms with Crippen molar-refractivity contribution in [3.05, 3.63) is 6.92 Å². The monoisotopic (exact) mass is 494 g/mol. The van der Waals surface area contributed by atoms with Crippen LogP contribution in [0.3, 0.4) is 0 Å². The van der Waals surface area contributed by atoms with E-state index in [1.54, 1.807) is 0 Å². The van der Waals surface area contributed by atoms with E-state index in [0.717, 1.165) is 6.42 Å². The quantitative estimate of drug-likeness (QED) is 0.0717. The van der Waals surface area contributed by atoms with E-state index < -0.39 is 8.07 Å². The van der Waals surface area contributed by atoms with Crippen molar-refractivity contribution in [1.29, 1.82) is 0 Å². The average molecular weight is 494 g/mol. The molecular formula is C33H69Si. The molecule has 1 heteroatoms. The second-order valence-electron chi connectivity index (χ2n) is 12.7. The summed E-state index contributed by atoms with van der Waals surface area (Å²) >= 11 is 0. The zero-order valence-electron chi connectivity index (χ0n) is 24.7. The number of unbranched alkanes of at least 4 members (excludes halogenated alkanes) is 27. The van der Waals surface area contributed by atoms with Crippen molar-refractivity contribution >= 4 is 8.07 Å². The minimum Gasteiger partial charge on any atom is -0.0695 e. The van der Waals surface area contributed by atoms with Crippen molar-refractivity contribution in [3.8, 4) is 0 Å². The number of hydrogen-bond acceptors (Lipinski definition) is 0. The fraction of sp³-hybridized carbons (Fsp3) is 0.970. The summed E-state index contributed by atoms with van der Waals surface area (Å²) in [7, 11) is -0.780. The molecular weight excluding hydrogens is 424 g/mol. The topological polar surface area (TPSA) is 0 Å². The minimum absolute atomic E-state index is 0.780. The van der Waals surface area contributed by atoms with E-state index in [0.29, 0.717) is 0 Å². The Bertz CT molecular complexity index is 356. The van der Waals surface area contributed by atoms with Gasteiger partial charge in [0.05, 0.1) is 0 Å². The average Bonchev–Trinajstić information content (AvgIpc) is 2.80. The Kier molecular flexibility index (Phi) is 28.0. The van der Waals surface area contributed by atoms with Crippen LogP contribution in [0, 0.1) is 6.92 Å². The van der Waals surface area contributed by atoms with Crippen LogP contribution in [0.15, 0.2) is 0 Å². The highest BCUT2D eigenvalue weighted by atomic mass is 28.3. The summed E-state index contributed by atoms with van der Waals surface area (Å²) < 4.78 is 0. The molecule has 34 heavy (non-hydrogen) atoms. The third-order valence-electron chi connectivity index (χ3n) is 7.68. The minimum atomic E-state index is -0.780. The van der Waals surface area contributed by atoms with Crippen LogP contribution in [0.5, 0.6) is 0 Å². The Balaban J connectivity index is 3.03. The number of rotatable bonds is 29. The predicted octanol–water partition coefficient (Wildman–Crippen LogP) is 13.1. The van der Waals surface area contributed by atoms with Gasteiger partial charge in [-0.25, -0.2) is 0 Å². The highest BCUT2D eigenvalue weighted by Crippen LogP contribution is 2.18. The van der Waals surface area contributed by atoms with Gasteiger partial charge in [0, 0.05) is 8.07 Å². The normalized spacial score (nSPS) is 12.0. The first kappa shape index (κ1) is 34.2. The van der Waals surface area contributed by atoms with Crippen molar-refractivity contribution in [2.75, 3.05) is 0 Å². The molecule has 0 aromatic carbocycles. The maximum atomic E-state index is 3.92. The van der Waals surface area contributed by atoms with Crippen LogP contribution in [-0.4, -0.2) is 8.07 Å². The molecule has 0 aliphatic carbocycles. The van der Waals surface area contributed by atoms with E-state index >= 15 is 0 Å². The third-order valence-corrected chi connectivity index (χ3v) is 9.53. The van der Waals surface area contributed by atoms with Gasteiger partial charge >= 0.3 is 0 Å². The van der Waals surface area contributed by atoms with Gasteiger partial charge in [-0.05, 0) is 0 Å². The van der Waals surface area contributed by atoms with Crippen LogP contribution >= 0.6 is 0 Å². The van der Waals surface area contributed by atoms with Gasteiger partial charge in [-0.1, -0.05) is 212 Å². The highest BCUT2D eigenvalue weighted by Gasteiger charge is 2.11. The van der Waals surface area contributed by atoms with Crippen LogP contribution in [0.25, 0.3) is 0 Å². The van der Waals surface area contributed by atoms with Gasteiger partial charge in [0.2, 0.25) is 0 Å². The molecule has 0 amide bonds. The molecule has 0 spiro atoms. The van der Waals surface area contributed by atoms with Crippen molar-refractivity contribution < 1.29 is 0 Å². The lowest BCUT2D eigenvalue weighted by Gasteiger charge is -2.14. The molecule has 205 valence electrons. The van der Waals surface area contributed by atoms with E-state index in [1.807, 2.05) is 0 Å². The molecule has 0 rings (SSSR count). The predicted molar refractivity (Wildman–Crippen MR) is 163 cm³/mol. The SMILES string of the molecule is [CH2]CCCCCCCCCCCCCCCCCCCCCCCCCCCCC[Si](C)(C)C. The first-order valence-corrected chi connectivity index (χ1v) is 20.1. The fourth-order valence-corrected chi connectivity index (χ4v) is 6.56. The van der Waals surface area contributed by atoms with Crippen LogP contribution < -0.4 is 0 Å². The molecule has 0 aliphatic rings. The second-order valence-corrected chi connectivity index (χ2v) is 18.3. The summed E-state index contributed by atoms with van der Waals surface area (Å²) in [6.45, 7) is 11.4. The van der Waals surface area contributed by atoms with Gasteiger partial charge in [-0.2, -0.15) is 0 Å². The molecule has 1 radical (unpaired) electrons. The van der Waals surface area contributed by atoms with Crippen molar-refractivity contribution in [2.24, 2.45) is 0 Å². The van der Waals surface area contributed by atoms with Gasteiger partial charge in [0.15, 0.2) is 0 Å². The van der Waals surface area contributed by atoms with Crippen molar-refractivity contribution in [3.63, 3.8) is 0 Å². The fourth-order valence-electron chi connectivity index (χ4n) is 5.25. The maximum Gasteiger partial charge on any atom is 0.0442 e. The van der Waals surface area contributed by atoms with Gasteiger partial charge in [0.25, 0.3) is 0 Å². The zero-order valence-corrected chi connectivity index (χ0v) is 25.7. The summed E-state index contributed by atoms with van der Waals surface area (Å²) in [4.78, 5) is 0. The highest BCUT2D eigenvalue weighted by molar-refractivity contribution is 6.76. The lowest BCUT2D eigenvalue weighted by Crippen LogP contribution is -2.18. The summed E-state index contributed by atoms with van der Waals surface area (Å²) in [6.07, 6.45) is 41.0. The van der Waals surface area contributed by atoms with E-state index in [9.17, 15) is 0 Å². The first-order chi connectivity index (χ1) is 16.6. The Morgan fingerprint density at radius 1 is 0.294 bits per heavy atom. The Morgan fingerprint density at radius 3 is 0.647 bits per heavy atom. The molecule has 0 aromatic heterocycles. The lowest BCUT2D eigenvalue weighted by atomic mass is 10.0. The van der Waals surface area contributed by atoms with Crippen molar-refractivity contribution in [2.45, 2.75) is 205 Å². The Hall–Kier alpha value is 0.217. The number of hydrogen-bond donors (Lipinski definition) is 0. The third kappa shape index (κ3) is 32.2. The molecule has 0 N–H and O–H groups in total. The molecule has 0 fully saturated rings. The van der Waals surface area contributed by atoms with E-state index in [2.05, 4.69) is 26.6 Å². The van der Waals surface area contributed by atoms with Gasteiger partial charge in [-0.15, -0.1) is 0 Å². The van der Waals surface area contributed by atoms with Gasteiger partial charge in [0.1, 0.15) is 0 Å². The smallest absolute Gasteiger partial charge is 0.0442 e. The first-order valence-electron chi connectivity index (χ1n) is 16.4. The van der Waals surface area contributed by atoms with E-state index in [-0.39, 0.29) is 0 Å². The molecule has 0 aliphatic heterocycles. The molecule has 0 bridgehead atoms. The van der Waals surface area contributed by atoms with Crippen LogP contribution in [-0.2, 0) is 0 Å². The van der Waals surface area contributed by atoms with Crippen LogP contribution in [0.1, 0.15) is 180 Å². The largest absolute Gasteiger partial charge is 0.0695 e. The van der Waals surface area contributed by atoms with Crippen LogP contribution in [0.4, 0.5) is 0 Å². The van der Waals surface area contributed by atoms with Gasteiger partial charge in [-0.3, -0.25) is 0 Å². The van der Waals surface area contributed by atoms with Crippen molar-refractivity contribution in [1.82, 2.24) is 0 Å². The standard InChI is InChI=1S/C33H69Si/c1-5-6-7-8-9-10-11-12-13-14-15-16-17-18-19-20-21-22-23-24-25-26-27-28-29-30-31-32-33-34(2,3)4/h1,5-33H2,2-4H3. The Labute approximate surface area is 220 Å². The van der Waals surface area contributed by atoms with E-state index in [4.69, 9.17) is 0 Å². The summed E-state index contributed by atoms with van der Waals surface area (Å²) in [6, 6.07) is 1.53. The van der Waals surface area contributed by atoms with Gasteiger partial charge < -0.3 is 0 Å².